The van der Waals surface area contributed by atoms with Crippen LogP contribution < -0.4 is 16.4 Å². The minimum absolute atomic E-state index is 0.0118. The lowest BCUT2D eigenvalue weighted by molar-refractivity contribution is -0.134. The van der Waals surface area contributed by atoms with Crippen LogP contribution in [0.2, 0.25) is 0 Å². The van der Waals surface area contributed by atoms with E-state index in [1.807, 2.05) is 6.08 Å². The molecule has 2 unspecified atom stereocenters. The van der Waals surface area contributed by atoms with E-state index in [4.69, 9.17) is 17.3 Å². The van der Waals surface area contributed by atoms with E-state index in [2.05, 4.69) is 10.6 Å². The van der Waals surface area contributed by atoms with Gasteiger partial charge < -0.3 is 21.5 Å². The first kappa shape index (κ1) is 20.1. The van der Waals surface area contributed by atoms with Gasteiger partial charge >= 0.3 is 0 Å². The van der Waals surface area contributed by atoms with E-state index < -0.39 is 17.4 Å². The Balaban J connectivity index is 2.27. The number of aliphatic hydroxyl groups excluding tert-OH is 1. The molecule has 140 valence electrons. The fourth-order valence-corrected chi connectivity index (χ4v) is 3.73. The van der Waals surface area contributed by atoms with Crippen LogP contribution in [0.1, 0.15) is 26.7 Å². The SMILES string of the molecule is CC(C)[C@@H](O)C(=O)NCC1(C(=O)[C@@H]2CCCN2)C=C(Cl)C=CC1CN. The van der Waals surface area contributed by atoms with Crippen LogP contribution in [-0.4, -0.2) is 48.6 Å². The number of rotatable bonds is 7. The third kappa shape index (κ3) is 4.31. The number of Topliss-reactive ketones (excluding diaryl/α,β-unsaturated/α-hetero) is 1. The molecule has 1 fully saturated rings. The molecule has 25 heavy (non-hydrogen) atoms. The summed E-state index contributed by atoms with van der Waals surface area (Å²) in [5, 5.41) is 16.3. The monoisotopic (exact) mass is 369 g/mol. The highest BCUT2D eigenvalue weighted by Gasteiger charge is 2.47. The minimum atomic E-state index is -1.12. The first-order valence-corrected chi connectivity index (χ1v) is 9.19. The van der Waals surface area contributed by atoms with Crippen molar-refractivity contribution >= 4 is 23.3 Å². The smallest absolute Gasteiger partial charge is 0.249 e. The van der Waals surface area contributed by atoms with E-state index in [1.54, 1.807) is 26.0 Å². The summed E-state index contributed by atoms with van der Waals surface area (Å²) in [6.45, 7) is 4.64. The fraction of sp³-hybridized carbons (Fsp3) is 0.667. The largest absolute Gasteiger partial charge is 0.383 e. The maximum atomic E-state index is 13.3. The summed E-state index contributed by atoms with van der Waals surface area (Å²) in [5.74, 6) is -0.973. The highest BCUT2D eigenvalue weighted by Crippen LogP contribution is 2.39. The average molecular weight is 370 g/mol. The highest BCUT2D eigenvalue weighted by atomic mass is 35.5. The van der Waals surface area contributed by atoms with Gasteiger partial charge in [0.25, 0.3) is 0 Å². The second kappa shape index (κ2) is 8.45. The molecule has 7 heteroatoms. The molecule has 1 saturated heterocycles. The van der Waals surface area contributed by atoms with Crippen molar-refractivity contribution in [3.63, 3.8) is 0 Å². The molecular formula is C18H28ClN3O3. The molecule has 0 aromatic heterocycles. The normalized spacial score (nSPS) is 30.2. The Morgan fingerprint density at radius 2 is 2.24 bits per heavy atom. The number of carbonyl (C=O) groups is 2. The zero-order chi connectivity index (χ0) is 18.6. The molecule has 1 aliphatic heterocycles. The third-order valence-electron chi connectivity index (χ3n) is 5.09. The van der Waals surface area contributed by atoms with Crippen LogP contribution in [0.5, 0.6) is 0 Å². The van der Waals surface area contributed by atoms with Gasteiger partial charge in [0, 0.05) is 17.5 Å². The molecule has 5 N–H and O–H groups in total. The first-order chi connectivity index (χ1) is 11.8. The Morgan fingerprint density at radius 1 is 1.52 bits per heavy atom. The predicted molar refractivity (Wildman–Crippen MR) is 97.9 cm³/mol. The molecule has 1 amide bonds. The topological polar surface area (TPSA) is 104 Å². The van der Waals surface area contributed by atoms with Gasteiger partial charge in [-0.3, -0.25) is 9.59 Å². The lowest BCUT2D eigenvalue weighted by atomic mass is 9.67. The van der Waals surface area contributed by atoms with Crippen LogP contribution >= 0.6 is 11.6 Å². The van der Waals surface area contributed by atoms with Gasteiger partial charge in [-0.15, -0.1) is 0 Å². The molecule has 4 atom stereocenters. The van der Waals surface area contributed by atoms with E-state index in [-0.39, 0.29) is 36.8 Å². The van der Waals surface area contributed by atoms with Crippen molar-refractivity contribution in [2.24, 2.45) is 23.0 Å². The molecule has 0 radical (unpaired) electrons. The second-order valence-electron chi connectivity index (χ2n) is 7.19. The number of allylic oxidation sites excluding steroid dienone is 2. The van der Waals surface area contributed by atoms with Crippen molar-refractivity contribution in [1.82, 2.24) is 10.6 Å². The molecule has 0 bridgehead atoms. The Hall–Kier alpha value is -1.21. The molecule has 2 rings (SSSR count). The van der Waals surface area contributed by atoms with E-state index >= 15 is 0 Å². The van der Waals surface area contributed by atoms with E-state index in [0.717, 1.165) is 19.4 Å². The van der Waals surface area contributed by atoms with Crippen LogP contribution in [0.3, 0.4) is 0 Å². The summed E-state index contributed by atoms with van der Waals surface area (Å²) in [6.07, 6.45) is 5.85. The molecular weight excluding hydrogens is 342 g/mol. The van der Waals surface area contributed by atoms with E-state index in [1.165, 1.54) is 0 Å². The summed E-state index contributed by atoms with van der Waals surface area (Å²) in [5.41, 5.74) is 4.91. The van der Waals surface area contributed by atoms with Crippen molar-refractivity contribution in [3.8, 4) is 0 Å². The Labute approximate surface area is 153 Å². The predicted octanol–water partition coefficient (Wildman–Crippen LogP) is 0.694. The van der Waals surface area contributed by atoms with Gasteiger partial charge in [0.1, 0.15) is 6.10 Å². The summed E-state index contributed by atoms with van der Waals surface area (Å²) < 4.78 is 0. The van der Waals surface area contributed by atoms with Crippen molar-refractivity contribution in [3.05, 3.63) is 23.3 Å². The van der Waals surface area contributed by atoms with Crippen molar-refractivity contribution in [2.45, 2.75) is 38.8 Å². The number of nitrogens with one attached hydrogen (secondary N) is 2. The van der Waals surface area contributed by atoms with Gasteiger partial charge in [0.15, 0.2) is 5.78 Å². The molecule has 0 aromatic carbocycles. The number of nitrogens with two attached hydrogens (primary N) is 1. The van der Waals surface area contributed by atoms with Gasteiger partial charge in [-0.05, 0) is 44.0 Å². The molecule has 6 nitrogen and oxygen atoms in total. The second-order valence-corrected chi connectivity index (χ2v) is 7.63. The zero-order valence-corrected chi connectivity index (χ0v) is 15.6. The van der Waals surface area contributed by atoms with Gasteiger partial charge in [0.2, 0.25) is 5.91 Å². The van der Waals surface area contributed by atoms with Gasteiger partial charge in [0.05, 0.1) is 11.5 Å². The van der Waals surface area contributed by atoms with Crippen molar-refractivity contribution in [1.29, 1.82) is 0 Å². The van der Waals surface area contributed by atoms with Crippen LogP contribution in [0, 0.1) is 17.3 Å². The number of amides is 1. The molecule has 1 heterocycles. The van der Waals surface area contributed by atoms with Crippen LogP contribution in [0.4, 0.5) is 0 Å². The number of ketones is 1. The standard InChI is InChI=1S/C18H28ClN3O3/c1-11(2)15(23)17(25)22-10-18(16(24)14-4-3-7-21-14)8-13(19)6-5-12(18)9-20/h5-6,8,11-12,14-15,21,23H,3-4,7,9-10,20H2,1-2H3,(H,22,25)/t12?,14-,15+,18?/m0/s1. The Bertz CT molecular complexity index is 570. The van der Waals surface area contributed by atoms with Gasteiger partial charge in [-0.2, -0.15) is 0 Å². The van der Waals surface area contributed by atoms with Crippen LogP contribution in [0.15, 0.2) is 23.3 Å². The maximum Gasteiger partial charge on any atom is 0.249 e. The summed E-state index contributed by atoms with van der Waals surface area (Å²) in [4.78, 5) is 25.5. The maximum absolute atomic E-state index is 13.3. The van der Waals surface area contributed by atoms with Crippen LogP contribution in [0.25, 0.3) is 0 Å². The summed E-state index contributed by atoms with van der Waals surface area (Å²) >= 11 is 6.20. The average Bonchev–Trinajstić information content (AvgIpc) is 3.12. The van der Waals surface area contributed by atoms with E-state index in [0.29, 0.717) is 5.03 Å². The van der Waals surface area contributed by atoms with Crippen molar-refractivity contribution in [2.75, 3.05) is 19.6 Å². The Kier molecular flexibility index (Phi) is 6.79. The molecule has 0 aromatic rings. The summed E-state index contributed by atoms with van der Waals surface area (Å²) in [6, 6.07) is -0.270. The van der Waals surface area contributed by atoms with E-state index in [9.17, 15) is 14.7 Å². The number of hydrogen-bond acceptors (Lipinski definition) is 5. The fourth-order valence-electron chi connectivity index (χ4n) is 3.47. The first-order valence-electron chi connectivity index (χ1n) is 8.82. The summed E-state index contributed by atoms with van der Waals surface area (Å²) in [7, 11) is 0. The minimum Gasteiger partial charge on any atom is -0.383 e. The molecule has 0 saturated carbocycles. The van der Waals surface area contributed by atoms with Crippen molar-refractivity contribution < 1.29 is 14.7 Å². The molecule has 2 aliphatic rings. The number of halogens is 1. The zero-order valence-electron chi connectivity index (χ0n) is 14.8. The van der Waals surface area contributed by atoms with Gasteiger partial charge in [-0.1, -0.05) is 31.5 Å². The lowest BCUT2D eigenvalue weighted by Gasteiger charge is -2.39. The molecule has 0 spiro atoms. The number of carbonyl (C=O) groups excluding carboxylic acids is 2. The lowest BCUT2D eigenvalue weighted by Crippen LogP contribution is -2.55. The number of aliphatic hydroxyl groups is 1. The molecule has 1 aliphatic carbocycles. The highest BCUT2D eigenvalue weighted by molar-refractivity contribution is 6.31. The van der Waals surface area contributed by atoms with Gasteiger partial charge in [-0.25, -0.2) is 0 Å². The third-order valence-corrected chi connectivity index (χ3v) is 5.32. The Morgan fingerprint density at radius 3 is 2.80 bits per heavy atom. The van der Waals surface area contributed by atoms with Crippen LogP contribution in [-0.2, 0) is 9.59 Å². The quantitative estimate of drug-likeness (QED) is 0.528. The number of hydrogen-bond donors (Lipinski definition) is 4.